The summed E-state index contributed by atoms with van der Waals surface area (Å²) in [7, 11) is 0. The van der Waals surface area contributed by atoms with Gasteiger partial charge < -0.3 is 9.80 Å². The molecule has 2 heterocycles. The molecule has 2 saturated heterocycles. The summed E-state index contributed by atoms with van der Waals surface area (Å²) in [5, 5.41) is 0. The lowest BCUT2D eigenvalue weighted by atomic mass is 9.83. The van der Waals surface area contributed by atoms with Crippen molar-refractivity contribution < 1.29 is 4.79 Å². The predicted octanol–water partition coefficient (Wildman–Crippen LogP) is 4.21. The Morgan fingerprint density at radius 3 is 2.04 bits per heavy atom. The van der Waals surface area contributed by atoms with Crippen molar-refractivity contribution in [2.75, 3.05) is 32.7 Å². The van der Waals surface area contributed by atoms with Gasteiger partial charge in [-0.2, -0.15) is 0 Å². The fourth-order valence-corrected chi connectivity index (χ4v) is 5.32. The zero-order valence-corrected chi connectivity index (χ0v) is 16.9. The molecule has 0 aromatic carbocycles. The second-order valence-corrected chi connectivity index (χ2v) is 9.52. The maximum absolute atomic E-state index is 12.2. The van der Waals surface area contributed by atoms with Gasteiger partial charge in [-0.3, -0.25) is 4.79 Å². The molecular formula is C22H40N2O. The predicted molar refractivity (Wildman–Crippen MR) is 105 cm³/mol. The van der Waals surface area contributed by atoms with Crippen LogP contribution in [0.4, 0.5) is 0 Å². The number of nitrogens with zero attached hydrogens (tertiary/aromatic N) is 2. The van der Waals surface area contributed by atoms with Gasteiger partial charge in [0.25, 0.3) is 0 Å². The van der Waals surface area contributed by atoms with E-state index in [1.54, 1.807) is 0 Å². The average molecular weight is 349 g/mol. The first kappa shape index (κ1) is 19.4. The SMILES string of the molecule is CC1CCN(C2CCC(CN3CCC(C(=O)C(C)C)CC3)CC2)CC1. The van der Waals surface area contributed by atoms with Gasteiger partial charge in [0, 0.05) is 24.4 Å². The highest BCUT2D eigenvalue weighted by molar-refractivity contribution is 5.82. The zero-order valence-electron chi connectivity index (χ0n) is 16.9. The Kier molecular flexibility index (Phi) is 6.96. The van der Waals surface area contributed by atoms with Gasteiger partial charge in [-0.05, 0) is 89.4 Å². The Bertz CT molecular complexity index is 412. The number of hydrogen-bond acceptors (Lipinski definition) is 3. The summed E-state index contributed by atoms with van der Waals surface area (Å²) in [6.45, 7) is 12.8. The number of carbonyl (C=O) groups is 1. The van der Waals surface area contributed by atoms with Gasteiger partial charge in [0.2, 0.25) is 0 Å². The first-order chi connectivity index (χ1) is 12.0. The summed E-state index contributed by atoms with van der Waals surface area (Å²) in [5.41, 5.74) is 0. The summed E-state index contributed by atoms with van der Waals surface area (Å²) in [5.74, 6) is 2.89. The Hall–Kier alpha value is -0.410. The molecule has 0 aromatic rings. The molecule has 1 aliphatic carbocycles. The lowest BCUT2D eigenvalue weighted by molar-refractivity contribution is -0.127. The van der Waals surface area contributed by atoms with Crippen LogP contribution in [0.25, 0.3) is 0 Å². The number of hydrogen-bond donors (Lipinski definition) is 0. The average Bonchev–Trinajstić information content (AvgIpc) is 2.63. The smallest absolute Gasteiger partial charge is 0.138 e. The molecule has 3 heteroatoms. The Labute approximate surface area is 155 Å². The van der Waals surface area contributed by atoms with E-state index < -0.39 is 0 Å². The lowest BCUT2D eigenvalue weighted by Crippen LogP contribution is -2.44. The molecule has 0 atom stereocenters. The molecule has 0 aromatic heterocycles. The van der Waals surface area contributed by atoms with Crippen LogP contribution in [0.1, 0.15) is 72.1 Å². The summed E-state index contributed by atoms with van der Waals surface area (Å²) in [6, 6.07) is 0.873. The second kappa shape index (κ2) is 8.99. The number of ketones is 1. The summed E-state index contributed by atoms with van der Waals surface area (Å²) < 4.78 is 0. The molecular weight excluding hydrogens is 308 g/mol. The lowest BCUT2D eigenvalue weighted by Gasteiger charge is -2.41. The van der Waals surface area contributed by atoms with Crippen molar-refractivity contribution in [1.82, 2.24) is 9.80 Å². The minimum Gasteiger partial charge on any atom is -0.303 e. The van der Waals surface area contributed by atoms with Crippen LogP contribution in [0, 0.1) is 23.7 Å². The van der Waals surface area contributed by atoms with Crippen molar-refractivity contribution in [2.45, 2.75) is 78.2 Å². The molecule has 3 aliphatic rings. The molecule has 0 N–H and O–H groups in total. The topological polar surface area (TPSA) is 23.6 Å². The maximum Gasteiger partial charge on any atom is 0.138 e. The van der Waals surface area contributed by atoms with Crippen LogP contribution in [0.2, 0.25) is 0 Å². The normalized spacial score (nSPS) is 31.5. The van der Waals surface area contributed by atoms with Crippen molar-refractivity contribution in [3.63, 3.8) is 0 Å². The summed E-state index contributed by atoms with van der Waals surface area (Å²) >= 11 is 0. The zero-order chi connectivity index (χ0) is 17.8. The Balaban J connectivity index is 1.35. The van der Waals surface area contributed by atoms with Crippen LogP contribution in [-0.2, 0) is 4.79 Å². The minimum absolute atomic E-state index is 0.213. The molecule has 2 aliphatic heterocycles. The van der Waals surface area contributed by atoms with E-state index in [9.17, 15) is 4.79 Å². The van der Waals surface area contributed by atoms with Gasteiger partial charge in [-0.25, -0.2) is 0 Å². The van der Waals surface area contributed by atoms with Crippen molar-refractivity contribution >= 4 is 5.78 Å². The van der Waals surface area contributed by atoms with E-state index in [2.05, 4.69) is 30.6 Å². The van der Waals surface area contributed by atoms with Crippen LogP contribution < -0.4 is 0 Å². The summed E-state index contributed by atoms with van der Waals surface area (Å²) in [4.78, 5) is 17.6. The van der Waals surface area contributed by atoms with E-state index >= 15 is 0 Å². The van der Waals surface area contributed by atoms with Crippen molar-refractivity contribution in [1.29, 1.82) is 0 Å². The Morgan fingerprint density at radius 2 is 1.48 bits per heavy atom. The molecule has 3 rings (SSSR count). The summed E-state index contributed by atoms with van der Waals surface area (Å²) in [6.07, 6.45) is 10.7. The van der Waals surface area contributed by atoms with Crippen LogP contribution >= 0.6 is 0 Å². The molecule has 1 saturated carbocycles. The van der Waals surface area contributed by atoms with E-state index in [0.29, 0.717) is 11.7 Å². The van der Waals surface area contributed by atoms with Crippen LogP contribution in [0.3, 0.4) is 0 Å². The van der Waals surface area contributed by atoms with Gasteiger partial charge in [0.05, 0.1) is 0 Å². The molecule has 0 unspecified atom stereocenters. The fraction of sp³-hybridized carbons (Fsp3) is 0.955. The van der Waals surface area contributed by atoms with E-state index in [1.807, 2.05) is 0 Å². The molecule has 144 valence electrons. The molecule has 0 radical (unpaired) electrons. The molecule has 0 amide bonds. The largest absolute Gasteiger partial charge is 0.303 e. The van der Waals surface area contributed by atoms with E-state index in [0.717, 1.165) is 43.8 Å². The van der Waals surface area contributed by atoms with Gasteiger partial charge in [0.1, 0.15) is 5.78 Å². The fourth-order valence-electron chi connectivity index (χ4n) is 5.32. The Morgan fingerprint density at radius 1 is 0.880 bits per heavy atom. The number of Topliss-reactive ketones (excluding diaryl/α,β-unsaturated/α-hetero) is 1. The van der Waals surface area contributed by atoms with Gasteiger partial charge >= 0.3 is 0 Å². The minimum atomic E-state index is 0.213. The number of likely N-dealkylation sites (tertiary alicyclic amines) is 2. The van der Waals surface area contributed by atoms with E-state index in [-0.39, 0.29) is 5.92 Å². The molecule has 3 fully saturated rings. The highest BCUT2D eigenvalue weighted by atomic mass is 16.1. The molecule has 3 nitrogen and oxygen atoms in total. The van der Waals surface area contributed by atoms with Crippen LogP contribution in [-0.4, -0.2) is 54.3 Å². The highest BCUT2D eigenvalue weighted by Crippen LogP contribution is 2.31. The van der Waals surface area contributed by atoms with Crippen LogP contribution in [0.5, 0.6) is 0 Å². The van der Waals surface area contributed by atoms with Gasteiger partial charge in [-0.1, -0.05) is 20.8 Å². The van der Waals surface area contributed by atoms with Gasteiger partial charge in [0.15, 0.2) is 0 Å². The number of carbonyl (C=O) groups excluding carboxylic acids is 1. The molecule has 0 spiro atoms. The third-order valence-electron chi connectivity index (χ3n) is 7.23. The van der Waals surface area contributed by atoms with Crippen molar-refractivity contribution in [3.8, 4) is 0 Å². The third kappa shape index (κ3) is 5.29. The van der Waals surface area contributed by atoms with E-state index in [4.69, 9.17) is 0 Å². The van der Waals surface area contributed by atoms with Crippen molar-refractivity contribution in [3.05, 3.63) is 0 Å². The maximum atomic E-state index is 12.2. The first-order valence-electron chi connectivity index (χ1n) is 11.0. The third-order valence-corrected chi connectivity index (χ3v) is 7.23. The molecule has 25 heavy (non-hydrogen) atoms. The standard InChI is InChI=1S/C22H40N2O/c1-17(2)22(25)20-10-12-23(13-11-20)16-19-4-6-21(7-5-19)24-14-8-18(3)9-15-24/h17-21H,4-16H2,1-3H3. The van der Waals surface area contributed by atoms with Crippen LogP contribution in [0.15, 0.2) is 0 Å². The number of rotatable bonds is 5. The van der Waals surface area contributed by atoms with E-state index in [1.165, 1.54) is 58.2 Å². The number of piperidine rings is 2. The molecule has 0 bridgehead atoms. The second-order valence-electron chi connectivity index (χ2n) is 9.52. The highest BCUT2D eigenvalue weighted by Gasteiger charge is 2.31. The van der Waals surface area contributed by atoms with Crippen molar-refractivity contribution in [2.24, 2.45) is 23.7 Å². The monoisotopic (exact) mass is 348 g/mol. The van der Waals surface area contributed by atoms with Gasteiger partial charge in [-0.15, -0.1) is 0 Å². The quantitative estimate of drug-likeness (QED) is 0.743. The first-order valence-corrected chi connectivity index (χ1v) is 11.0.